The quantitative estimate of drug-likeness (QED) is 0.930. The van der Waals surface area contributed by atoms with Gasteiger partial charge in [-0.2, -0.15) is 0 Å². The molecule has 1 heterocycles. The summed E-state index contributed by atoms with van der Waals surface area (Å²) >= 11 is 0. The Morgan fingerprint density at radius 1 is 1.32 bits per heavy atom. The Bertz CT molecular complexity index is 566. The zero-order valence-corrected chi connectivity index (χ0v) is 14.0. The second kappa shape index (κ2) is 6.51. The van der Waals surface area contributed by atoms with Crippen molar-refractivity contribution in [2.24, 2.45) is 0 Å². The van der Waals surface area contributed by atoms with E-state index in [1.54, 1.807) is 6.92 Å². The molecule has 22 heavy (non-hydrogen) atoms. The molecule has 1 N–H and O–H groups in total. The molecule has 1 atom stereocenters. The molecule has 4 heteroatoms. The van der Waals surface area contributed by atoms with Crippen LogP contribution in [0.1, 0.15) is 57.7 Å². The van der Waals surface area contributed by atoms with Crippen LogP contribution in [0.25, 0.3) is 0 Å². The molecule has 1 aromatic carbocycles. The van der Waals surface area contributed by atoms with E-state index in [9.17, 15) is 9.59 Å². The van der Waals surface area contributed by atoms with Gasteiger partial charge in [-0.3, -0.25) is 9.59 Å². The number of fused-ring (bicyclic) bond motifs is 1. The molecule has 120 valence electrons. The van der Waals surface area contributed by atoms with Crippen LogP contribution in [0.3, 0.4) is 0 Å². The van der Waals surface area contributed by atoms with E-state index in [4.69, 9.17) is 0 Å². The van der Waals surface area contributed by atoms with Gasteiger partial charge in [-0.05, 0) is 37.8 Å². The molecule has 0 saturated carbocycles. The Morgan fingerprint density at radius 2 is 2.00 bits per heavy atom. The van der Waals surface area contributed by atoms with Gasteiger partial charge >= 0.3 is 0 Å². The van der Waals surface area contributed by atoms with Crippen molar-refractivity contribution < 1.29 is 9.59 Å². The molecule has 2 rings (SSSR count). The van der Waals surface area contributed by atoms with Gasteiger partial charge in [0.25, 0.3) is 0 Å². The first kappa shape index (κ1) is 16.5. The lowest BCUT2D eigenvalue weighted by Gasteiger charge is -2.37. The van der Waals surface area contributed by atoms with E-state index in [1.807, 2.05) is 36.9 Å². The van der Waals surface area contributed by atoms with Crippen LogP contribution < -0.4 is 5.32 Å². The maximum absolute atomic E-state index is 12.4. The first-order valence-electron chi connectivity index (χ1n) is 8.00. The molecular weight excluding hydrogens is 276 g/mol. The van der Waals surface area contributed by atoms with Crippen LogP contribution in [0, 0.1) is 0 Å². The number of nitrogens with zero attached hydrogens (tertiary/aromatic N) is 1. The van der Waals surface area contributed by atoms with Gasteiger partial charge in [0, 0.05) is 19.0 Å². The summed E-state index contributed by atoms with van der Waals surface area (Å²) in [6.45, 7) is 8.35. The van der Waals surface area contributed by atoms with Gasteiger partial charge in [-0.25, -0.2) is 0 Å². The highest BCUT2D eigenvalue weighted by molar-refractivity contribution is 5.80. The maximum Gasteiger partial charge on any atom is 0.222 e. The van der Waals surface area contributed by atoms with E-state index in [2.05, 4.69) is 18.3 Å². The number of carbonyl (C=O) groups excluding carboxylic acids is 2. The minimum absolute atomic E-state index is 0.000182. The molecule has 2 amide bonds. The van der Waals surface area contributed by atoms with Crippen molar-refractivity contribution in [3.8, 4) is 0 Å². The van der Waals surface area contributed by atoms with Crippen molar-refractivity contribution in [3.63, 3.8) is 0 Å². The zero-order chi connectivity index (χ0) is 16.3. The predicted octanol–water partition coefficient (Wildman–Crippen LogP) is 2.83. The van der Waals surface area contributed by atoms with Crippen LogP contribution in [-0.2, 0) is 16.0 Å². The van der Waals surface area contributed by atoms with Crippen molar-refractivity contribution in [1.29, 1.82) is 0 Å². The minimum atomic E-state index is -0.216. The molecule has 0 spiro atoms. The summed E-state index contributed by atoms with van der Waals surface area (Å²) in [4.78, 5) is 26.2. The second-order valence-electron chi connectivity index (χ2n) is 6.67. The molecule has 0 aliphatic carbocycles. The molecule has 1 unspecified atom stereocenters. The number of carbonyl (C=O) groups is 2. The molecule has 4 nitrogen and oxygen atoms in total. The summed E-state index contributed by atoms with van der Waals surface area (Å²) in [5.41, 5.74) is 2.13. The van der Waals surface area contributed by atoms with Crippen LogP contribution >= 0.6 is 0 Å². The van der Waals surface area contributed by atoms with Gasteiger partial charge in [-0.15, -0.1) is 0 Å². The van der Waals surface area contributed by atoms with Crippen molar-refractivity contribution >= 4 is 11.8 Å². The molecule has 0 radical (unpaired) electrons. The second-order valence-corrected chi connectivity index (χ2v) is 6.67. The Morgan fingerprint density at radius 3 is 2.64 bits per heavy atom. The summed E-state index contributed by atoms with van der Waals surface area (Å²) < 4.78 is 0. The summed E-state index contributed by atoms with van der Waals surface area (Å²) in [6.07, 6.45) is 2.05. The van der Waals surface area contributed by atoms with E-state index in [0.717, 1.165) is 18.4 Å². The number of hydrogen-bond acceptors (Lipinski definition) is 2. The highest BCUT2D eigenvalue weighted by Gasteiger charge is 2.31. The number of rotatable bonds is 4. The van der Waals surface area contributed by atoms with Crippen molar-refractivity contribution in [2.75, 3.05) is 6.54 Å². The standard InChI is InChI=1S/C18H26N2O2/c1-5-18(3,4)19-17(22)12-16-15-9-7-6-8-14(15)10-11-20(16)13(2)21/h6-9,16H,5,10-12H2,1-4H3,(H,19,22). The highest BCUT2D eigenvalue weighted by atomic mass is 16.2. The minimum Gasteiger partial charge on any atom is -0.351 e. The maximum atomic E-state index is 12.4. The van der Waals surface area contributed by atoms with E-state index in [0.29, 0.717) is 13.0 Å². The van der Waals surface area contributed by atoms with E-state index in [1.165, 1.54) is 5.56 Å². The van der Waals surface area contributed by atoms with Gasteiger partial charge < -0.3 is 10.2 Å². The Kier molecular flexibility index (Phi) is 4.89. The van der Waals surface area contributed by atoms with Gasteiger partial charge in [0.1, 0.15) is 0 Å². The summed E-state index contributed by atoms with van der Waals surface area (Å²) in [5.74, 6) is 0.0295. The van der Waals surface area contributed by atoms with Crippen molar-refractivity contribution in [1.82, 2.24) is 10.2 Å². The van der Waals surface area contributed by atoms with E-state index in [-0.39, 0.29) is 23.4 Å². The lowest BCUT2D eigenvalue weighted by molar-refractivity contribution is -0.133. The molecule has 1 aliphatic rings. The van der Waals surface area contributed by atoms with Crippen molar-refractivity contribution in [3.05, 3.63) is 35.4 Å². The Hall–Kier alpha value is -1.84. The van der Waals surface area contributed by atoms with E-state index < -0.39 is 0 Å². The Balaban J connectivity index is 2.21. The average Bonchev–Trinajstić information content (AvgIpc) is 2.46. The van der Waals surface area contributed by atoms with Crippen LogP contribution in [-0.4, -0.2) is 28.8 Å². The fraction of sp³-hybridized carbons (Fsp3) is 0.556. The summed E-state index contributed by atoms with van der Waals surface area (Å²) in [7, 11) is 0. The molecule has 0 fully saturated rings. The first-order valence-corrected chi connectivity index (χ1v) is 8.00. The largest absolute Gasteiger partial charge is 0.351 e. The average molecular weight is 302 g/mol. The lowest BCUT2D eigenvalue weighted by Crippen LogP contribution is -2.46. The monoisotopic (exact) mass is 302 g/mol. The summed E-state index contributed by atoms with van der Waals surface area (Å²) in [6, 6.07) is 7.96. The van der Waals surface area contributed by atoms with Gasteiger partial charge in [-0.1, -0.05) is 31.2 Å². The SMILES string of the molecule is CCC(C)(C)NC(=O)CC1c2ccccc2CCN1C(C)=O. The normalized spacial score (nSPS) is 17.8. The number of amides is 2. The molecule has 1 aromatic rings. The fourth-order valence-electron chi connectivity index (χ4n) is 2.94. The van der Waals surface area contributed by atoms with Crippen LogP contribution in [0.5, 0.6) is 0 Å². The molecule has 0 saturated heterocycles. The van der Waals surface area contributed by atoms with Crippen LogP contribution in [0.4, 0.5) is 0 Å². The van der Waals surface area contributed by atoms with E-state index >= 15 is 0 Å². The summed E-state index contributed by atoms with van der Waals surface area (Å²) in [5, 5.41) is 3.07. The van der Waals surface area contributed by atoms with Gasteiger partial charge in [0.15, 0.2) is 0 Å². The van der Waals surface area contributed by atoms with Crippen LogP contribution in [0.15, 0.2) is 24.3 Å². The van der Waals surface area contributed by atoms with Gasteiger partial charge in [0.05, 0.1) is 12.5 Å². The number of nitrogens with one attached hydrogen (secondary N) is 1. The van der Waals surface area contributed by atoms with Crippen LogP contribution in [0.2, 0.25) is 0 Å². The Labute approximate surface area is 132 Å². The smallest absolute Gasteiger partial charge is 0.222 e. The lowest BCUT2D eigenvalue weighted by atomic mass is 9.90. The number of benzene rings is 1. The molecular formula is C18H26N2O2. The van der Waals surface area contributed by atoms with Crippen molar-refractivity contribution in [2.45, 2.75) is 58.5 Å². The third kappa shape index (κ3) is 3.67. The van der Waals surface area contributed by atoms with Gasteiger partial charge in [0.2, 0.25) is 11.8 Å². The molecule has 0 aromatic heterocycles. The third-order valence-corrected chi connectivity index (χ3v) is 4.56. The zero-order valence-electron chi connectivity index (χ0n) is 14.0. The fourth-order valence-corrected chi connectivity index (χ4v) is 2.94. The molecule has 0 bridgehead atoms. The predicted molar refractivity (Wildman–Crippen MR) is 87.4 cm³/mol. The molecule has 1 aliphatic heterocycles. The third-order valence-electron chi connectivity index (χ3n) is 4.56. The number of hydrogen-bond donors (Lipinski definition) is 1. The topological polar surface area (TPSA) is 49.4 Å². The highest BCUT2D eigenvalue weighted by Crippen LogP contribution is 2.32. The first-order chi connectivity index (χ1) is 10.3.